The van der Waals surface area contributed by atoms with Crippen LogP contribution >= 0.6 is 11.6 Å². The van der Waals surface area contributed by atoms with Crippen LogP contribution < -0.4 is 10.6 Å². The molecule has 2 atom stereocenters. The number of aromatic nitrogens is 6. The van der Waals surface area contributed by atoms with Crippen molar-refractivity contribution in [2.75, 3.05) is 23.7 Å². The lowest BCUT2D eigenvalue weighted by Crippen LogP contribution is -2.60. The Hall–Kier alpha value is -4.62. The first kappa shape index (κ1) is 31.0. The zero-order chi connectivity index (χ0) is 33.5. The van der Waals surface area contributed by atoms with E-state index in [-0.39, 0.29) is 69.2 Å². The van der Waals surface area contributed by atoms with E-state index in [2.05, 4.69) is 26.7 Å². The number of benzene rings is 1. The molecule has 1 fully saturated rings. The molecule has 2 aliphatic rings. The van der Waals surface area contributed by atoms with Crippen LogP contribution in [0.25, 0.3) is 38.9 Å². The molecule has 47 heavy (non-hydrogen) atoms. The monoisotopic (exact) mass is 672 g/mol. The molecule has 2 aliphatic heterocycles. The second-order valence-corrected chi connectivity index (χ2v) is 14.9. The average molecular weight is 673 g/mol. The van der Waals surface area contributed by atoms with Gasteiger partial charge in [0, 0.05) is 36.3 Å². The van der Waals surface area contributed by atoms with Gasteiger partial charge in [-0.15, -0.1) is 0 Å². The predicted octanol–water partition coefficient (Wildman–Crippen LogP) is 4.49. The summed E-state index contributed by atoms with van der Waals surface area (Å²) in [5, 5.41) is 7.95. The average Bonchev–Trinajstić information content (AvgIpc) is 3.47. The molecule has 4 aromatic heterocycles. The highest BCUT2D eigenvalue weighted by molar-refractivity contribution is 7.91. The summed E-state index contributed by atoms with van der Waals surface area (Å²) < 4.78 is 30.6. The standard InChI is InChI=1S/C33H33ClN8O4S/c1-7-23(43)40-14-20-15-47(45,46)30-25-31(41(20)13-19(40)6)38-33(44)42(29-18(5)10-11-35-27(29)16(2)3)32(25)37-28(26(30)34)24-17(4)8-9-22-21(24)12-36-39-22/h7-12,16,19-20H,1,13-15H2,2-6H3,(H,36,39). The molecule has 14 heteroatoms. The lowest BCUT2D eigenvalue weighted by atomic mass is 10.00. The van der Waals surface area contributed by atoms with Crippen LogP contribution in [-0.4, -0.2) is 79.9 Å². The van der Waals surface area contributed by atoms with Crippen LogP contribution in [0.5, 0.6) is 0 Å². The second kappa shape index (κ2) is 11.0. The van der Waals surface area contributed by atoms with E-state index in [0.29, 0.717) is 27.8 Å². The maximum Gasteiger partial charge on any atom is 0.355 e. The van der Waals surface area contributed by atoms with Crippen LogP contribution in [0.2, 0.25) is 5.02 Å². The SMILES string of the molecule is C=CC(=O)N1CC2CS(=O)(=O)c3c(Cl)c(-c4c(C)ccc5[nH]ncc45)nc4c3c(nc(=O)n4-c3c(C)ccnc3C(C)C)N2CC1C. The Bertz CT molecular complexity index is 2330. The summed E-state index contributed by atoms with van der Waals surface area (Å²) in [5.74, 6) is -0.572. The largest absolute Gasteiger partial charge is 0.355 e. The third-order valence-electron chi connectivity index (χ3n) is 9.19. The molecule has 0 radical (unpaired) electrons. The summed E-state index contributed by atoms with van der Waals surface area (Å²) in [4.78, 5) is 44.7. The molecule has 6 heterocycles. The molecular formula is C33H33ClN8O4S. The fourth-order valence-corrected chi connectivity index (χ4v) is 9.38. The zero-order valence-electron chi connectivity index (χ0n) is 26.6. The van der Waals surface area contributed by atoms with Gasteiger partial charge in [0.25, 0.3) is 0 Å². The topological polar surface area (TPSA) is 147 Å². The van der Waals surface area contributed by atoms with Gasteiger partial charge in [-0.2, -0.15) is 10.1 Å². The van der Waals surface area contributed by atoms with E-state index >= 15 is 0 Å². The Kier molecular flexibility index (Phi) is 7.24. The number of carbonyl (C=O) groups is 1. The molecule has 0 saturated carbocycles. The first-order valence-corrected chi connectivity index (χ1v) is 17.3. The van der Waals surface area contributed by atoms with Crippen LogP contribution in [0, 0.1) is 13.8 Å². The van der Waals surface area contributed by atoms with E-state index in [1.54, 1.807) is 23.4 Å². The summed E-state index contributed by atoms with van der Waals surface area (Å²) in [7, 11) is -4.16. The highest BCUT2D eigenvalue weighted by atomic mass is 35.5. The molecule has 0 bridgehead atoms. The Morgan fingerprint density at radius 3 is 2.64 bits per heavy atom. The van der Waals surface area contributed by atoms with Crippen LogP contribution in [0.4, 0.5) is 5.82 Å². The van der Waals surface area contributed by atoms with E-state index in [4.69, 9.17) is 16.6 Å². The maximum absolute atomic E-state index is 14.6. The number of rotatable bonds is 4. The number of nitrogens with zero attached hydrogens (tertiary/aromatic N) is 7. The molecule has 1 saturated heterocycles. The molecule has 5 aromatic rings. The lowest BCUT2D eigenvalue weighted by Gasteiger charge is -2.44. The molecule has 0 spiro atoms. The number of nitrogens with one attached hydrogen (secondary N) is 1. The number of hydrogen-bond acceptors (Lipinski definition) is 9. The molecule has 2 unspecified atom stereocenters. The fraction of sp³-hybridized carbons (Fsp3) is 0.333. The van der Waals surface area contributed by atoms with Crippen molar-refractivity contribution in [3.8, 4) is 16.9 Å². The Morgan fingerprint density at radius 1 is 1.15 bits per heavy atom. The van der Waals surface area contributed by atoms with Crippen molar-refractivity contribution < 1.29 is 13.2 Å². The molecule has 1 N–H and O–H groups in total. The van der Waals surface area contributed by atoms with Crippen LogP contribution in [-0.2, 0) is 14.6 Å². The number of aromatic amines is 1. The number of amides is 1. The van der Waals surface area contributed by atoms with Crippen LogP contribution in [0.3, 0.4) is 0 Å². The van der Waals surface area contributed by atoms with Crippen LogP contribution in [0.1, 0.15) is 43.5 Å². The van der Waals surface area contributed by atoms with Gasteiger partial charge in [0.15, 0.2) is 15.5 Å². The number of aryl methyl sites for hydroxylation is 2. The van der Waals surface area contributed by atoms with Gasteiger partial charge in [0.2, 0.25) is 5.91 Å². The van der Waals surface area contributed by atoms with Crippen molar-refractivity contribution in [3.05, 3.63) is 75.6 Å². The van der Waals surface area contributed by atoms with Gasteiger partial charge >= 0.3 is 5.69 Å². The van der Waals surface area contributed by atoms with Crippen LogP contribution in [0.15, 0.2) is 52.9 Å². The summed E-state index contributed by atoms with van der Waals surface area (Å²) in [6.07, 6.45) is 4.55. The minimum absolute atomic E-state index is 0.0681. The minimum Gasteiger partial charge on any atom is -0.348 e. The van der Waals surface area contributed by atoms with Gasteiger partial charge in [-0.05, 0) is 56.0 Å². The van der Waals surface area contributed by atoms with Gasteiger partial charge < -0.3 is 9.80 Å². The Labute approximate surface area is 276 Å². The van der Waals surface area contributed by atoms with E-state index in [1.165, 1.54) is 10.6 Å². The van der Waals surface area contributed by atoms with Crippen molar-refractivity contribution in [1.82, 2.24) is 34.6 Å². The quantitative estimate of drug-likeness (QED) is 0.273. The van der Waals surface area contributed by atoms with Gasteiger partial charge in [0.1, 0.15) is 10.7 Å². The van der Waals surface area contributed by atoms with E-state index in [0.717, 1.165) is 11.1 Å². The number of carbonyl (C=O) groups excluding carboxylic acids is 1. The molecule has 0 aliphatic carbocycles. The molecule has 1 amide bonds. The maximum atomic E-state index is 14.6. The van der Waals surface area contributed by atoms with E-state index < -0.39 is 21.6 Å². The first-order chi connectivity index (χ1) is 22.3. The number of pyridine rings is 2. The Balaban J connectivity index is 1.66. The van der Waals surface area contributed by atoms with Crippen molar-refractivity contribution in [2.45, 2.75) is 57.5 Å². The number of halogens is 1. The number of hydrogen-bond donors (Lipinski definition) is 1. The zero-order valence-corrected chi connectivity index (χ0v) is 28.1. The van der Waals surface area contributed by atoms with Crippen molar-refractivity contribution in [2.24, 2.45) is 0 Å². The molecule has 7 rings (SSSR count). The number of piperazine rings is 1. The Morgan fingerprint density at radius 2 is 1.91 bits per heavy atom. The smallest absolute Gasteiger partial charge is 0.348 e. The van der Waals surface area contributed by atoms with Crippen molar-refractivity contribution in [3.63, 3.8) is 0 Å². The van der Waals surface area contributed by atoms with E-state index in [1.807, 2.05) is 51.7 Å². The summed E-state index contributed by atoms with van der Waals surface area (Å²) in [5.41, 5.74) is 3.65. The highest BCUT2D eigenvalue weighted by Crippen LogP contribution is 2.46. The third-order valence-corrected chi connectivity index (χ3v) is 11.5. The number of sulfone groups is 1. The second-order valence-electron chi connectivity index (χ2n) is 12.6. The number of fused-ring (bicyclic) bond motifs is 3. The highest BCUT2D eigenvalue weighted by Gasteiger charge is 2.44. The summed E-state index contributed by atoms with van der Waals surface area (Å²) in [6, 6.07) is 4.53. The number of H-pyrrole nitrogens is 1. The van der Waals surface area contributed by atoms with Gasteiger partial charge in [-0.25, -0.2) is 22.8 Å². The van der Waals surface area contributed by atoms with Gasteiger partial charge in [-0.1, -0.05) is 38.1 Å². The lowest BCUT2D eigenvalue weighted by molar-refractivity contribution is -0.128. The summed E-state index contributed by atoms with van der Waals surface area (Å²) in [6.45, 7) is 13.5. The molecular weight excluding hydrogens is 640 g/mol. The number of anilines is 1. The van der Waals surface area contributed by atoms with E-state index in [9.17, 15) is 18.0 Å². The van der Waals surface area contributed by atoms with Crippen molar-refractivity contribution >= 4 is 55.1 Å². The first-order valence-electron chi connectivity index (χ1n) is 15.3. The third kappa shape index (κ3) is 4.66. The predicted molar refractivity (Wildman–Crippen MR) is 181 cm³/mol. The van der Waals surface area contributed by atoms with Crippen molar-refractivity contribution in [1.29, 1.82) is 0 Å². The molecule has 242 valence electrons. The fourth-order valence-electron chi connectivity index (χ4n) is 6.97. The molecule has 12 nitrogen and oxygen atoms in total. The van der Waals surface area contributed by atoms with Gasteiger partial charge in [0.05, 0.1) is 51.0 Å². The van der Waals surface area contributed by atoms with Gasteiger partial charge in [-0.3, -0.25) is 14.9 Å². The summed E-state index contributed by atoms with van der Waals surface area (Å²) >= 11 is 7.21. The molecule has 1 aromatic carbocycles. The minimum atomic E-state index is -4.16. The normalized spacial score (nSPS) is 18.9.